The molecule has 0 aromatic heterocycles. The van der Waals surface area contributed by atoms with Gasteiger partial charge in [-0.2, -0.15) is 0 Å². The van der Waals surface area contributed by atoms with Crippen LogP contribution in [0.25, 0.3) is 0 Å². The van der Waals surface area contributed by atoms with Crippen molar-refractivity contribution in [3.05, 3.63) is 54.1 Å². The summed E-state index contributed by atoms with van der Waals surface area (Å²) in [7, 11) is 1.76. The van der Waals surface area contributed by atoms with Crippen LogP contribution in [0.15, 0.2) is 48.5 Å². The van der Waals surface area contributed by atoms with Gasteiger partial charge in [-0.15, -0.1) is 0 Å². The Bertz CT molecular complexity index is 973. The summed E-state index contributed by atoms with van der Waals surface area (Å²) >= 11 is 0. The Morgan fingerprint density at radius 2 is 1.44 bits per heavy atom. The van der Waals surface area contributed by atoms with Crippen LogP contribution in [0.2, 0.25) is 0 Å². The summed E-state index contributed by atoms with van der Waals surface area (Å²) in [6.07, 6.45) is 2.51. The van der Waals surface area contributed by atoms with Gasteiger partial charge in [-0.1, -0.05) is 30.3 Å². The van der Waals surface area contributed by atoms with Gasteiger partial charge < -0.3 is 24.6 Å². The molecule has 2 aliphatic rings. The van der Waals surface area contributed by atoms with E-state index in [4.69, 9.17) is 29.3 Å². The van der Waals surface area contributed by atoms with Crippen molar-refractivity contribution in [3.8, 4) is 11.5 Å². The Kier molecular flexibility index (Phi) is 10.4. The third kappa shape index (κ3) is 7.60. The molecule has 0 spiro atoms. The minimum atomic E-state index is -1.82. The van der Waals surface area contributed by atoms with Crippen molar-refractivity contribution in [2.24, 2.45) is 0 Å². The van der Waals surface area contributed by atoms with Crippen LogP contribution < -0.4 is 14.4 Å². The number of hydrogen-bond acceptors (Lipinski definition) is 7. The SMILES string of the molecule is CCOc1ccccc1CN1CCC(N2CCN(c3ccccc3OC)CC2)CC1.O=C(O)C(=O)O. The van der Waals surface area contributed by atoms with Gasteiger partial charge in [0.25, 0.3) is 0 Å². The minimum absolute atomic E-state index is 0.711. The molecule has 0 bridgehead atoms. The zero-order valence-electron chi connectivity index (χ0n) is 21.1. The molecule has 2 aromatic rings. The maximum atomic E-state index is 9.10. The first-order valence-corrected chi connectivity index (χ1v) is 12.4. The first-order chi connectivity index (χ1) is 17.4. The smallest absolute Gasteiger partial charge is 0.414 e. The molecule has 0 atom stereocenters. The maximum absolute atomic E-state index is 9.10. The fourth-order valence-electron chi connectivity index (χ4n) is 4.83. The molecule has 2 aromatic carbocycles. The van der Waals surface area contributed by atoms with Gasteiger partial charge in [0.1, 0.15) is 11.5 Å². The van der Waals surface area contributed by atoms with Crippen LogP contribution in [0.3, 0.4) is 0 Å². The van der Waals surface area contributed by atoms with Crippen LogP contribution in [-0.2, 0) is 16.1 Å². The highest BCUT2D eigenvalue weighted by Gasteiger charge is 2.28. The number of piperazine rings is 1. The van der Waals surface area contributed by atoms with Crippen LogP contribution in [0, 0.1) is 0 Å². The van der Waals surface area contributed by atoms with Crippen LogP contribution in [0.5, 0.6) is 11.5 Å². The number of anilines is 1. The summed E-state index contributed by atoms with van der Waals surface area (Å²) in [6, 6.07) is 17.6. The number of ether oxygens (including phenoxy) is 2. The number of aliphatic carboxylic acids is 2. The van der Waals surface area contributed by atoms with Crippen LogP contribution in [-0.4, -0.2) is 91.0 Å². The number of benzene rings is 2. The van der Waals surface area contributed by atoms with Crippen molar-refractivity contribution in [2.45, 2.75) is 32.4 Å². The molecule has 2 aliphatic heterocycles. The molecule has 36 heavy (non-hydrogen) atoms. The van der Waals surface area contributed by atoms with Crippen molar-refractivity contribution in [3.63, 3.8) is 0 Å². The summed E-state index contributed by atoms with van der Waals surface area (Å²) in [5.41, 5.74) is 2.53. The zero-order valence-corrected chi connectivity index (χ0v) is 21.1. The van der Waals surface area contributed by atoms with Crippen LogP contribution in [0.1, 0.15) is 25.3 Å². The summed E-state index contributed by atoms with van der Waals surface area (Å²) in [5, 5.41) is 14.8. The molecule has 2 saturated heterocycles. The fourth-order valence-corrected chi connectivity index (χ4v) is 4.83. The number of carboxylic acid groups (broad SMARTS) is 2. The lowest BCUT2D eigenvalue weighted by Crippen LogP contribution is -2.53. The molecule has 2 N–H and O–H groups in total. The molecule has 9 nitrogen and oxygen atoms in total. The largest absolute Gasteiger partial charge is 0.495 e. The Morgan fingerprint density at radius 1 is 0.861 bits per heavy atom. The van der Waals surface area contributed by atoms with E-state index in [0.717, 1.165) is 63.9 Å². The van der Waals surface area contributed by atoms with E-state index in [1.165, 1.54) is 24.1 Å². The third-order valence-electron chi connectivity index (χ3n) is 6.66. The summed E-state index contributed by atoms with van der Waals surface area (Å²) in [5.74, 6) is -1.63. The van der Waals surface area contributed by atoms with Crippen molar-refractivity contribution >= 4 is 17.6 Å². The fraction of sp³-hybridized carbons (Fsp3) is 0.481. The van der Waals surface area contributed by atoms with E-state index in [9.17, 15) is 0 Å². The maximum Gasteiger partial charge on any atom is 0.414 e. The second kappa shape index (κ2) is 13.7. The summed E-state index contributed by atoms with van der Waals surface area (Å²) < 4.78 is 11.4. The van der Waals surface area contributed by atoms with E-state index in [1.54, 1.807) is 7.11 Å². The number of methoxy groups -OCH3 is 1. The first-order valence-electron chi connectivity index (χ1n) is 12.4. The number of nitrogens with zero attached hydrogens (tertiary/aromatic N) is 3. The topological polar surface area (TPSA) is 103 Å². The third-order valence-corrected chi connectivity index (χ3v) is 6.66. The first kappa shape index (κ1) is 27.3. The Labute approximate surface area is 212 Å². The van der Waals surface area contributed by atoms with Crippen LogP contribution in [0.4, 0.5) is 5.69 Å². The Hall–Kier alpha value is -3.30. The normalized spacial score (nSPS) is 17.1. The number of rotatable bonds is 7. The standard InChI is InChI=1S/C25H35N3O2.C2H2O4/c1-3-30-24-10-6-4-8-21(24)20-26-14-12-22(13-15-26)27-16-18-28(19-17-27)23-9-5-7-11-25(23)29-2;3-1(4)2(5)6/h4-11,22H,3,12-20H2,1-2H3;(H,3,4)(H,5,6). The van der Waals surface area contributed by atoms with Crippen molar-refractivity contribution < 1.29 is 29.3 Å². The number of carboxylic acids is 2. The lowest BCUT2D eigenvalue weighted by molar-refractivity contribution is -0.159. The molecule has 2 fully saturated rings. The van der Waals surface area contributed by atoms with E-state index in [2.05, 4.69) is 64.1 Å². The monoisotopic (exact) mass is 499 g/mol. The predicted molar refractivity (Wildman–Crippen MR) is 138 cm³/mol. The van der Waals surface area contributed by atoms with E-state index in [1.807, 2.05) is 6.07 Å². The van der Waals surface area contributed by atoms with Gasteiger partial charge in [0.05, 0.1) is 19.4 Å². The van der Waals surface area contributed by atoms with E-state index >= 15 is 0 Å². The second-order valence-corrected chi connectivity index (χ2v) is 8.85. The average Bonchev–Trinajstić information content (AvgIpc) is 2.91. The van der Waals surface area contributed by atoms with Gasteiger partial charge in [-0.3, -0.25) is 9.80 Å². The number of piperidine rings is 1. The molecular formula is C27H37N3O6. The average molecular weight is 500 g/mol. The molecule has 2 heterocycles. The van der Waals surface area contributed by atoms with E-state index in [0.29, 0.717) is 6.04 Å². The van der Waals surface area contributed by atoms with Gasteiger partial charge in [0.15, 0.2) is 0 Å². The number of carbonyl (C=O) groups is 2. The van der Waals surface area contributed by atoms with Gasteiger partial charge in [-0.25, -0.2) is 9.59 Å². The predicted octanol–water partition coefficient (Wildman–Crippen LogP) is 3.04. The highest BCUT2D eigenvalue weighted by molar-refractivity contribution is 6.27. The van der Waals surface area contributed by atoms with Crippen molar-refractivity contribution in [1.29, 1.82) is 0 Å². The van der Waals surface area contributed by atoms with Gasteiger partial charge in [0.2, 0.25) is 0 Å². The molecule has 0 amide bonds. The van der Waals surface area contributed by atoms with E-state index < -0.39 is 11.9 Å². The number of hydrogen-bond donors (Lipinski definition) is 2. The zero-order chi connectivity index (χ0) is 25.9. The quantitative estimate of drug-likeness (QED) is 0.557. The number of para-hydroxylation sites is 3. The van der Waals surface area contributed by atoms with Crippen molar-refractivity contribution in [1.82, 2.24) is 9.80 Å². The Balaban J connectivity index is 0.000000538. The molecule has 0 aliphatic carbocycles. The lowest BCUT2D eigenvalue weighted by Gasteiger charge is -2.43. The van der Waals surface area contributed by atoms with Gasteiger partial charge >= 0.3 is 11.9 Å². The molecule has 0 radical (unpaired) electrons. The molecule has 0 unspecified atom stereocenters. The van der Waals surface area contributed by atoms with Gasteiger partial charge in [0, 0.05) is 44.3 Å². The van der Waals surface area contributed by atoms with Crippen LogP contribution >= 0.6 is 0 Å². The highest BCUT2D eigenvalue weighted by atomic mass is 16.5. The summed E-state index contributed by atoms with van der Waals surface area (Å²) in [4.78, 5) is 26.0. The number of likely N-dealkylation sites (tertiary alicyclic amines) is 1. The van der Waals surface area contributed by atoms with Gasteiger partial charge in [-0.05, 0) is 51.1 Å². The minimum Gasteiger partial charge on any atom is -0.495 e. The lowest BCUT2D eigenvalue weighted by atomic mass is 10.0. The molecule has 9 heteroatoms. The molecule has 4 rings (SSSR count). The van der Waals surface area contributed by atoms with Crippen molar-refractivity contribution in [2.75, 3.05) is 57.9 Å². The highest BCUT2D eigenvalue weighted by Crippen LogP contribution is 2.29. The van der Waals surface area contributed by atoms with E-state index in [-0.39, 0.29) is 0 Å². The molecular weight excluding hydrogens is 462 g/mol. The second-order valence-electron chi connectivity index (χ2n) is 8.85. The Morgan fingerprint density at radius 3 is 2.03 bits per heavy atom. The molecule has 196 valence electrons. The molecule has 0 saturated carbocycles. The summed E-state index contributed by atoms with van der Waals surface area (Å²) in [6.45, 7) is 10.5.